The SMILES string of the molecule is Cc1oc(=O)oc1COC(=O)C1=C(C=CC(F)(F)F)CS[C@@H]2CC(=O)N12. The Bertz CT molecular complexity index is 865. The standard InChI is InChI=1S/C15H12F3NO6S/c1-7-9(25-14(22)24-7)5-23-13(21)12-8(2-3-15(16,17)18)6-26-11-4-10(20)19(11)12/h2-3,11H,4-6H2,1H3/t11-/m1/s1. The molecule has 1 aromatic rings. The second-order valence-corrected chi connectivity index (χ2v) is 6.66. The Morgan fingerprint density at radius 1 is 1.38 bits per heavy atom. The summed E-state index contributed by atoms with van der Waals surface area (Å²) in [5.41, 5.74) is -0.194. The number of nitrogens with zero attached hydrogens (tertiary/aromatic N) is 1. The molecule has 0 aliphatic carbocycles. The van der Waals surface area contributed by atoms with Crippen LogP contribution in [0.3, 0.4) is 0 Å². The van der Waals surface area contributed by atoms with E-state index in [9.17, 15) is 27.6 Å². The van der Waals surface area contributed by atoms with Crippen LogP contribution in [0, 0.1) is 6.92 Å². The van der Waals surface area contributed by atoms with Crippen molar-refractivity contribution in [3.05, 3.63) is 45.6 Å². The van der Waals surface area contributed by atoms with Crippen molar-refractivity contribution in [2.45, 2.75) is 31.5 Å². The predicted molar refractivity (Wildman–Crippen MR) is 81.7 cm³/mol. The minimum atomic E-state index is -4.56. The van der Waals surface area contributed by atoms with Crippen molar-refractivity contribution in [3.8, 4) is 0 Å². The number of rotatable bonds is 4. The van der Waals surface area contributed by atoms with E-state index in [2.05, 4.69) is 4.42 Å². The van der Waals surface area contributed by atoms with Crippen LogP contribution < -0.4 is 5.82 Å². The Hall–Kier alpha value is -2.43. The molecule has 1 saturated heterocycles. The Balaban J connectivity index is 1.85. The third kappa shape index (κ3) is 3.71. The van der Waals surface area contributed by atoms with Crippen LogP contribution in [0.2, 0.25) is 0 Å². The Labute approximate surface area is 148 Å². The van der Waals surface area contributed by atoms with E-state index in [1.54, 1.807) is 0 Å². The fourth-order valence-electron chi connectivity index (χ4n) is 2.46. The molecule has 0 spiro atoms. The number of allylic oxidation sites excluding steroid dienone is 2. The molecule has 1 fully saturated rings. The van der Waals surface area contributed by atoms with Crippen LogP contribution in [0.25, 0.3) is 0 Å². The number of carbonyl (C=O) groups is 2. The van der Waals surface area contributed by atoms with Gasteiger partial charge in [0.2, 0.25) is 5.91 Å². The van der Waals surface area contributed by atoms with Gasteiger partial charge in [0.15, 0.2) is 18.1 Å². The molecule has 0 aromatic carbocycles. The Kier molecular flexibility index (Phi) is 4.74. The van der Waals surface area contributed by atoms with Crippen LogP contribution >= 0.6 is 11.8 Å². The van der Waals surface area contributed by atoms with Crippen molar-refractivity contribution < 1.29 is 36.3 Å². The van der Waals surface area contributed by atoms with Gasteiger partial charge in [0.05, 0.1) is 11.8 Å². The number of ether oxygens (including phenoxy) is 1. The molecule has 1 aromatic heterocycles. The highest BCUT2D eigenvalue weighted by Gasteiger charge is 2.45. The summed E-state index contributed by atoms with van der Waals surface area (Å²) in [4.78, 5) is 36.3. The van der Waals surface area contributed by atoms with E-state index in [0.717, 1.165) is 11.0 Å². The summed E-state index contributed by atoms with van der Waals surface area (Å²) in [6.07, 6.45) is -3.60. The fourth-order valence-corrected chi connectivity index (χ4v) is 3.69. The number of carbonyl (C=O) groups excluding carboxylic acids is 2. The quantitative estimate of drug-likeness (QED) is 0.574. The molecule has 11 heteroatoms. The molecule has 1 atom stereocenters. The average molecular weight is 391 g/mol. The maximum absolute atomic E-state index is 12.5. The first-order valence-corrected chi connectivity index (χ1v) is 8.40. The molecule has 7 nitrogen and oxygen atoms in total. The Morgan fingerprint density at radius 2 is 2.12 bits per heavy atom. The average Bonchev–Trinajstić information content (AvgIpc) is 2.86. The van der Waals surface area contributed by atoms with Gasteiger partial charge in [0.25, 0.3) is 0 Å². The molecule has 0 N–H and O–H groups in total. The lowest BCUT2D eigenvalue weighted by Gasteiger charge is -2.44. The highest BCUT2D eigenvalue weighted by atomic mass is 32.2. The van der Waals surface area contributed by atoms with E-state index < -0.39 is 24.6 Å². The van der Waals surface area contributed by atoms with Crippen molar-refractivity contribution >= 4 is 23.6 Å². The number of β-lactam (4-membered cyclic amide) rings is 1. The Morgan fingerprint density at radius 3 is 2.69 bits per heavy atom. The summed E-state index contributed by atoms with van der Waals surface area (Å²) < 4.78 is 51.7. The van der Waals surface area contributed by atoms with Gasteiger partial charge in [0, 0.05) is 11.8 Å². The molecule has 3 rings (SSSR count). The first-order chi connectivity index (χ1) is 12.2. The van der Waals surface area contributed by atoms with Gasteiger partial charge >= 0.3 is 18.0 Å². The molecule has 0 unspecified atom stereocenters. The molecule has 2 aliphatic heterocycles. The molecular weight excluding hydrogens is 379 g/mol. The van der Waals surface area contributed by atoms with Gasteiger partial charge in [-0.2, -0.15) is 13.2 Å². The third-order valence-corrected chi connectivity index (χ3v) is 4.96. The van der Waals surface area contributed by atoms with Crippen LogP contribution in [0.1, 0.15) is 17.9 Å². The third-order valence-electron chi connectivity index (χ3n) is 3.72. The van der Waals surface area contributed by atoms with Gasteiger partial charge in [-0.15, -0.1) is 11.8 Å². The van der Waals surface area contributed by atoms with E-state index in [4.69, 9.17) is 9.15 Å². The first kappa shape index (κ1) is 18.4. The number of hydrogen-bond donors (Lipinski definition) is 0. The maximum atomic E-state index is 12.5. The highest BCUT2D eigenvalue weighted by Crippen LogP contribution is 2.41. The molecule has 1 amide bonds. The van der Waals surface area contributed by atoms with Crippen LogP contribution in [-0.4, -0.2) is 34.1 Å². The predicted octanol–water partition coefficient (Wildman–Crippen LogP) is 2.26. The number of fused-ring (bicyclic) bond motifs is 1. The number of aryl methyl sites for hydroxylation is 1. The van der Waals surface area contributed by atoms with E-state index in [1.165, 1.54) is 18.7 Å². The molecule has 3 heterocycles. The smallest absolute Gasteiger partial charge is 0.453 e. The molecule has 0 saturated carbocycles. The zero-order valence-corrected chi connectivity index (χ0v) is 14.1. The summed E-state index contributed by atoms with van der Waals surface area (Å²) in [5, 5.41) is -0.304. The van der Waals surface area contributed by atoms with E-state index in [-0.39, 0.29) is 52.3 Å². The molecule has 0 radical (unpaired) electrons. The maximum Gasteiger partial charge on any atom is 0.519 e. The molecule has 26 heavy (non-hydrogen) atoms. The van der Waals surface area contributed by atoms with Gasteiger partial charge in [-0.05, 0) is 12.5 Å². The second-order valence-electron chi connectivity index (χ2n) is 5.49. The van der Waals surface area contributed by atoms with Crippen molar-refractivity contribution in [2.24, 2.45) is 0 Å². The number of thioether (sulfide) groups is 1. The van der Waals surface area contributed by atoms with Crippen molar-refractivity contribution in [3.63, 3.8) is 0 Å². The first-order valence-electron chi connectivity index (χ1n) is 7.35. The lowest BCUT2D eigenvalue weighted by Crippen LogP contribution is -2.54. The molecule has 0 bridgehead atoms. The van der Waals surface area contributed by atoms with Crippen molar-refractivity contribution in [2.75, 3.05) is 5.75 Å². The lowest BCUT2D eigenvalue weighted by atomic mass is 10.1. The minimum Gasteiger partial charge on any atom is -0.453 e. The summed E-state index contributed by atoms with van der Waals surface area (Å²) in [6, 6.07) is 0. The number of alkyl halides is 3. The fraction of sp³-hybridized carbons (Fsp3) is 0.400. The number of esters is 1. The van der Waals surface area contributed by atoms with Crippen LogP contribution in [-0.2, 0) is 20.9 Å². The van der Waals surface area contributed by atoms with Crippen LogP contribution in [0.5, 0.6) is 0 Å². The normalized spacial score (nSPS) is 20.4. The van der Waals surface area contributed by atoms with Gasteiger partial charge in [-0.1, -0.05) is 6.08 Å². The number of amides is 1. The molecular formula is C15H12F3NO6S. The van der Waals surface area contributed by atoms with Gasteiger partial charge in [-0.25, -0.2) is 9.59 Å². The number of halogens is 3. The highest BCUT2D eigenvalue weighted by molar-refractivity contribution is 8.00. The van der Waals surface area contributed by atoms with Crippen molar-refractivity contribution in [1.29, 1.82) is 0 Å². The number of hydrogen-bond acceptors (Lipinski definition) is 7. The summed E-state index contributed by atoms with van der Waals surface area (Å²) in [5.74, 6) is -2.09. The van der Waals surface area contributed by atoms with Crippen molar-refractivity contribution in [1.82, 2.24) is 4.90 Å². The summed E-state index contributed by atoms with van der Waals surface area (Å²) in [7, 11) is 0. The lowest BCUT2D eigenvalue weighted by molar-refractivity contribution is -0.150. The van der Waals surface area contributed by atoms with E-state index >= 15 is 0 Å². The van der Waals surface area contributed by atoms with Gasteiger partial charge in [-0.3, -0.25) is 9.69 Å². The van der Waals surface area contributed by atoms with Gasteiger partial charge in [0.1, 0.15) is 5.70 Å². The zero-order chi connectivity index (χ0) is 19.1. The van der Waals surface area contributed by atoms with E-state index in [0.29, 0.717) is 0 Å². The summed E-state index contributed by atoms with van der Waals surface area (Å²) in [6.45, 7) is 0.979. The second kappa shape index (κ2) is 6.71. The topological polar surface area (TPSA) is 90.0 Å². The van der Waals surface area contributed by atoms with Gasteiger partial charge < -0.3 is 13.6 Å². The van der Waals surface area contributed by atoms with E-state index in [1.807, 2.05) is 0 Å². The zero-order valence-electron chi connectivity index (χ0n) is 13.3. The molecule has 2 aliphatic rings. The molecule has 140 valence electrons. The van der Waals surface area contributed by atoms with Crippen LogP contribution in [0.15, 0.2) is 37.1 Å². The largest absolute Gasteiger partial charge is 0.519 e. The van der Waals surface area contributed by atoms with Crippen LogP contribution in [0.4, 0.5) is 13.2 Å². The summed E-state index contributed by atoms with van der Waals surface area (Å²) >= 11 is 1.26. The minimum absolute atomic E-state index is 0.0000260. The monoisotopic (exact) mass is 391 g/mol.